The van der Waals surface area contributed by atoms with Crippen molar-refractivity contribution >= 4 is 23.7 Å². The molecule has 7 rings (SSSR count). The summed E-state index contributed by atoms with van der Waals surface area (Å²) in [7, 11) is 0. The molecular formula is C39H32F10N2S. The molecule has 1 heterocycles. The second-order valence-corrected chi connectivity index (χ2v) is 14.1. The molecule has 0 saturated heterocycles. The molecule has 0 unspecified atom stereocenters. The van der Waals surface area contributed by atoms with Crippen molar-refractivity contribution in [2.24, 2.45) is 0 Å². The number of rotatable bonds is 7. The summed E-state index contributed by atoms with van der Waals surface area (Å²) in [6.45, 7) is 11.9. The highest BCUT2D eigenvalue weighted by molar-refractivity contribution is 7.97. The summed E-state index contributed by atoms with van der Waals surface area (Å²) in [4.78, 5) is -1.49. The van der Waals surface area contributed by atoms with Gasteiger partial charge in [0.15, 0.2) is 46.5 Å². The van der Waals surface area contributed by atoms with Gasteiger partial charge in [-0.15, -0.1) is 13.2 Å². The number of fused-ring (bicyclic) bond motifs is 2. The van der Waals surface area contributed by atoms with E-state index in [9.17, 15) is 17.6 Å². The highest BCUT2D eigenvalue weighted by Gasteiger charge is 2.51. The van der Waals surface area contributed by atoms with Gasteiger partial charge in [0.2, 0.25) is 0 Å². The number of hydrazine groups is 1. The first-order valence-electron chi connectivity index (χ1n) is 16.3. The first kappa shape index (κ1) is 37.5. The lowest BCUT2D eigenvalue weighted by atomic mass is 9.93. The quantitative estimate of drug-likeness (QED) is 0.0611. The standard InChI is InChI=1S/C37H28F10N2S.C2H4/c1-4-18-9-16(2)35(17(3)10-18)48(14-19-11-22(20-5-6-20)13-23(12-19)21-7-8-21)49-15-24-25(28(39)31(42)30(41)27(24)38)37(46,47)26-29(40)32(43)33(44)34(45)36(26)50-49;1-2/h4,9-13,20-21H,1,5-8,14-15H2,2-3H3;1-2H2. The van der Waals surface area contributed by atoms with Crippen LogP contribution in [0.2, 0.25) is 0 Å². The Balaban J connectivity index is 0.00000228. The van der Waals surface area contributed by atoms with Crippen molar-refractivity contribution < 1.29 is 43.9 Å². The molecule has 0 spiro atoms. The molecule has 0 amide bonds. The average molecular weight is 751 g/mol. The smallest absolute Gasteiger partial charge is 0.291 e. The highest BCUT2D eigenvalue weighted by atomic mass is 32.2. The van der Waals surface area contributed by atoms with Crippen LogP contribution in [-0.4, -0.2) is 4.41 Å². The minimum atomic E-state index is -5.19. The third-order valence-electron chi connectivity index (χ3n) is 9.45. The fraction of sp³-hybridized carbons (Fsp3) is 0.282. The van der Waals surface area contributed by atoms with Crippen LogP contribution in [-0.2, 0) is 19.0 Å². The molecular weight excluding hydrogens is 718 g/mol. The van der Waals surface area contributed by atoms with Gasteiger partial charge < -0.3 is 0 Å². The van der Waals surface area contributed by atoms with Gasteiger partial charge in [0, 0.05) is 5.56 Å². The topological polar surface area (TPSA) is 6.48 Å². The molecule has 0 radical (unpaired) electrons. The summed E-state index contributed by atoms with van der Waals surface area (Å²) in [5, 5.41) is 1.40. The maximum atomic E-state index is 16.2. The molecule has 4 aromatic rings. The predicted octanol–water partition coefficient (Wildman–Crippen LogP) is 12.2. The van der Waals surface area contributed by atoms with Crippen LogP contribution < -0.4 is 5.01 Å². The van der Waals surface area contributed by atoms with Crippen molar-refractivity contribution in [3.8, 4) is 0 Å². The summed E-state index contributed by atoms with van der Waals surface area (Å²) in [6, 6.07) is 9.44. The fourth-order valence-electron chi connectivity index (χ4n) is 6.76. The Kier molecular flexibility index (Phi) is 10.1. The summed E-state index contributed by atoms with van der Waals surface area (Å²) < 4.78 is 154. The van der Waals surface area contributed by atoms with E-state index in [-0.39, 0.29) is 18.5 Å². The zero-order valence-corrected chi connectivity index (χ0v) is 28.9. The Morgan fingerprint density at radius 1 is 0.712 bits per heavy atom. The lowest BCUT2D eigenvalue weighted by molar-refractivity contribution is 0.0261. The van der Waals surface area contributed by atoms with Crippen LogP contribution >= 0.6 is 11.9 Å². The second kappa shape index (κ2) is 14.0. The molecule has 13 heteroatoms. The van der Waals surface area contributed by atoms with E-state index in [2.05, 4.69) is 25.8 Å². The first-order valence-corrected chi connectivity index (χ1v) is 17.1. The third-order valence-corrected chi connectivity index (χ3v) is 10.6. The normalized spacial score (nSPS) is 16.6. The molecule has 2 saturated carbocycles. The lowest BCUT2D eigenvalue weighted by Crippen LogP contribution is -2.41. The molecule has 3 aliphatic rings. The molecule has 52 heavy (non-hydrogen) atoms. The van der Waals surface area contributed by atoms with Gasteiger partial charge in [-0.1, -0.05) is 30.9 Å². The first-order chi connectivity index (χ1) is 24.6. The van der Waals surface area contributed by atoms with Gasteiger partial charge in [-0.2, -0.15) is 13.2 Å². The van der Waals surface area contributed by atoms with Crippen LogP contribution in [0.3, 0.4) is 0 Å². The van der Waals surface area contributed by atoms with Crippen LogP contribution in [0.25, 0.3) is 6.08 Å². The second-order valence-electron chi connectivity index (χ2n) is 13.1. The van der Waals surface area contributed by atoms with Crippen molar-refractivity contribution in [1.82, 2.24) is 4.41 Å². The molecule has 0 aromatic heterocycles. The fourth-order valence-corrected chi connectivity index (χ4v) is 7.88. The Labute approximate surface area is 298 Å². The molecule has 1 aliphatic heterocycles. The maximum absolute atomic E-state index is 16.2. The van der Waals surface area contributed by atoms with Gasteiger partial charge in [0.1, 0.15) is 0 Å². The van der Waals surface area contributed by atoms with Gasteiger partial charge in [-0.25, -0.2) is 35.1 Å². The Hall–Kier alpha value is -4.23. The number of halogens is 10. The number of hydrogen-bond acceptors (Lipinski definition) is 3. The largest absolute Gasteiger partial charge is 0.305 e. The minimum Gasteiger partial charge on any atom is -0.291 e. The van der Waals surface area contributed by atoms with Gasteiger partial charge in [-0.3, -0.25) is 5.01 Å². The predicted molar refractivity (Wildman–Crippen MR) is 181 cm³/mol. The Bertz CT molecular complexity index is 1980. The highest BCUT2D eigenvalue weighted by Crippen LogP contribution is 2.52. The number of hydrogen-bond donors (Lipinski definition) is 0. The summed E-state index contributed by atoms with van der Waals surface area (Å²) in [5.41, 5.74) is -0.863. The van der Waals surface area contributed by atoms with E-state index in [0.29, 0.717) is 39.8 Å². The number of aryl methyl sites for hydroxylation is 2. The van der Waals surface area contributed by atoms with Crippen molar-refractivity contribution in [3.63, 3.8) is 0 Å². The molecule has 274 valence electrons. The molecule has 0 bridgehead atoms. The monoisotopic (exact) mass is 750 g/mol. The van der Waals surface area contributed by atoms with E-state index < -0.39 is 80.6 Å². The average Bonchev–Trinajstić information content (AvgIpc) is 4.03. The Morgan fingerprint density at radius 3 is 1.69 bits per heavy atom. The van der Waals surface area contributed by atoms with Crippen molar-refractivity contribution in [2.75, 3.05) is 5.01 Å². The van der Waals surface area contributed by atoms with E-state index >= 15 is 26.3 Å². The summed E-state index contributed by atoms with van der Waals surface area (Å²) in [6.07, 6.45) is 5.47. The van der Waals surface area contributed by atoms with E-state index in [4.69, 9.17) is 0 Å². The van der Waals surface area contributed by atoms with Crippen LogP contribution in [0.15, 0.2) is 55.0 Å². The molecule has 2 fully saturated rings. The Morgan fingerprint density at radius 2 is 1.19 bits per heavy atom. The van der Waals surface area contributed by atoms with Crippen LogP contribution in [0.5, 0.6) is 0 Å². The summed E-state index contributed by atoms with van der Waals surface area (Å²) >= 11 is -0.0273. The molecule has 0 N–H and O–H groups in total. The zero-order chi connectivity index (χ0) is 38.0. The molecule has 2 nitrogen and oxygen atoms in total. The van der Waals surface area contributed by atoms with Gasteiger partial charge >= 0.3 is 5.92 Å². The van der Waals surface area contributed by atoms with Crippen molar-refractivity contribution in [3.05, 3.63) is 147 Å². The van der Waals surface area contributed by atoms with Gasteiger partial charge in [-0.05, 0) is 109 Å². The maximum Gasteiger partial charge on any atom is 0.305 e. The lowest BCUT2D eigenvalue weighted by Gasteiger charge is -2.40. The number of nitrogens with zero attached hydrogens (tertiary/aromatic N) is 2. The van der Waals surface area contributed by atoms with E-state index in [1.807, 2.05) is 12.1 Å². The van der Waals surface area contributed by atoms with E-state index in [1.54, 1.807) is 32.1 Å². The van der Waals surface area contributed by atoms with Crippen LogP contribution in [0.1, 0.15) is 87.6 Å². The molecule has 2 aliphatic carbocycles. The SMILES string of the molecule is C=C.C=Cc1cc(C)c(N(Cc2cc(C3CC3)cc(C3CC3)c2)N2Cc3c(F)c(F)c(F)c(F)c3C(F)(F)c3c(F)c(F)c(F)c(F)c3S2)c(C)c1. The number of benzene rings is 4. The van der Waals surface area contributed by atoms with Crippen LogP contribution in [0, 0.1) is 60.4 Å². The minimum absolute atomic E-state index is 0.0273. The van der Waals surface area contributed by atoms with Crippen molar-refractivity contribution in [2.45, 2.75) is 75.3 Å². The third kappa shape index (κ3) is 6.40. The molecule has 4 aromatic carbocycles. The van der Waals surface area contributed by atoms with Gasteiger partial charge in [0.05, 0.1) is 34.8 Å². The summed E-state index contributed by atoms with van der Waals surface area (Å²) in [5.74, 6) is -24.3. The van der Waals surface area contributed by atoms with Crippen LogP contribution in [0.4, 0.5) is 49.6 Å². The van der Waals surface area contributed by atoms with Crippen molar-refractivity contribution in [1.29, 1.82) is 0 Å². The van der Waals surface area contributed by atoms with Gasteiger partial charge in [0.25, 0.3) is 0 Å². The van der Waals surface area contributed by atoms with E-state index in [1.165, 1.54) is 5.01 Å². The number of alkyl halides is 2. The molecule has 0 atom stereocenters. The van der Waals surface area contributed by atoms with E-state index in [0.717, 1.165) is 41.2 Å². The number of anilines is 1. The zero-order valence-electron chi connectivity index (χ0n) is 28.1.